The average molecular weight is 449 g/mol. The lowest BCUT2D eigenvalue weighted by atomic mass is 10.1. The number of nitrogens with one attached hydrogen (secondary N) is 1. The third-order valence-corrected chi connectivity index (χ3v) is 5.81. The molecule has 0 spiro atoms. The van der Waals surface area contributed by atoms with Gasteiger partial charge in [-0.25, -0.2) is 4.79 Å². The van der Waals surface area contributed by atoms with E-state index in [0.717, 1.165) is 19.2 Å². The summed E-state index contributed by atoms with van der Waals surface area (Å²) in [6.07, 6.45) is -4.57. The second-order valence-electron chi connectivity index (χ2n) is 7.30. The molecule has 3 rings (SSSR count). The van der Waals surface area contributed by atoms with Crippen LogP contribution < -0.4 is 5.32 Å². The van der Waals surface area contributed by atoms with Crippen LogP contribution in [0.1, 0.15) is 11.1 Å². The Hall–Kier alpha value is -2.04. The third-order valence-electron chi connectivity index (χ3n) is 5.36. The molecule has 2 fully saturated rings. The number of ether oxygens (including phenoxy) is 1. The number of urea groups is 1. The predicted molar refractivity (Wildman–Crippen MR) is 104 cm³/mol. The van der Waals surface area contributed by atoms with Crippen LogP contribution in [0.15, 0.2) is 18.2 Å². The van der Waals surface area contributed by atoms with Crippen LogP contribution in [-0.2, 0) is 22.3 Å². The molecule has 0 aliphatic carbocycles. The molecule has 11 heteroatoms. The summed E-state index contributed by atoms with van der Waals surface area (Å²) in [4.78, 5) is 30.2. The highest BCUT2D eigenvalue weighted by atomic mass is 35.5. The summed E-state index contributed by atoms with van der Waals surface area (Å²) in [6.45, 7) is 4.19. The monoisotopic (exact) mass is 448 g/mol. The number of alkyl halides is 3. The van der Waals surface area contributed by atoms with Gasteiger partial charge < -0.3 is 19.9 Å². The van der Waals surface area contributed by atoms with Crippen LogP contribution in [0.4, 0.5) is 18.0 Å². The van der Waals surface area contributed by atoms with Gasteiger partial charge in [0.05, 0.1) is 30.3 Å². The number of morpholine rings is 1. The molecule has 0 bridgehead atoms. The second-order valence-corrected chi connectivity index (χ2v) is 7.68. The van der Waals surface area contributed by atoms with E-state index in [1.807, 2.05) is 0 Å². The Morgan fingerprint density at radius 2 is 1.97 bits per heavy atom. The average Bonchev–Trinajstić information content (AvgIpc) is 2.99. The molecule has 1 atom stereocenters. The smallest absolute Gasteiger partial charge is 0.379 e. The van der Waals surface area contributed by atoms with Gasteiger partial charge >= 0.3 is 12.2 Å². The van der Waals surface area contributed by atoms with E-state index in [1.165, 1.54) is 17.0 Å². The zero-order chi connectivity index (χ0) is 21.9. The van der Waals surface area contributed by atoms with Crippen LogP contribution in [0.2, 0.25) is 5.02 Å². The van der Waals surface area contributed by atoms with Crippen molar-refractivity contribution >= 4 is 23.5 Å². The molecule has 0 aromatic heterocycles. The number of halogens is 4. The maximum Gasteiger partial charge on any atom is 0.417 e. The van der Waals surface area contributed by atoms with Crippen LogP contribution in [0.25, 0.3) is 0 Å². The van der Waals surface area contributed by atoms with Crippen LogP contribution >= 0.6 is 11.6 Å². The molecule has 1 aromatic carbocycles. The molecule has 1 aromatic rings. The van der Waals surface area contributed by atoms with Gasteiger partial charge in [-0.1, -0.05) is 23.7 Å². The molecule has 30 heavy (non-hydrogen) atoms. The summed E-state index contributed by atoms with van der Waals surface area (Å²) >= 11 is 5.87. The van der Waals surface area contributed by atoms with Crippen molar-refractivity contribution in [3.8, 4) is 0 Å². The van der Waals surface area contributed by atoms with Crippen molar-refractivity contribution in [2.75, 3.05) is 53.0 Å². The first-order valence-electron chi connectivity index (χ1n) is 9.62. The zero-order valence-corrected chi connectivity index (χ0v) is 17.3. The van der Waals surface area contributed by atoms with E-state index >= 15 is 0 Å². The normalized spacial score (nSPS) is 20.7. The molecular weight excluding hydrogens is 425 g/mol. The zero-order valence-electron chi connectivity index (χ0n) is 16.5. The van der Waals surface area contributed by atoms with E-state index in [2.05, 4.69) is 10.2 Å². The molecule has 0 radical (unpaired) electrons. The van der Waals surface area contributed by atoms with Crippen LogP contribution in [0.3, 0.4) is 0 Å². The maximum absolute atomic E-state index is 13.0. The number of carbonyl (C=O) groups is 2. The number of rotatable bonds is 6. The molecular formula is C19H24ClF3N4O3. The van der Waals surface area contributed by atoms with Gasteiger partial charge in [0.2, 0.25) is 5.91 Å². The van der Waals surface area contributed by atoms with Crippen molar-refractivity contribution in [1.29, 1.82) is 0 Å². The van der Waals surface area contributed by atoms with E-state index in [0.29, 0.717) is 26.3 Å². The molecule has 2 aliphatic rings. The number of likely N-dealkylation sites (N-methyl/N-ethyl adjacent to an activating group) is 1. The summed E-state index contributed by atoms with van der Waals surface area (Å²) in [5, 5.41) is 2.16. The predicted octanol–water partition coefficient (Wildman–Crippen LogP) is 2.04. The van der Waals surface area contributed by atoms with Crippen molar-refractivity contribution in [2.24, 2.45) is 0 Å². The highest BCUT2D eigenvalue weighted by molar-refractivity contribution is 6.32. The van der Waals surface area contributed by atoms with Crippen LogP contribution in [0, 0.1) is 0 Å². The van der Waals surface area contributed by atoms with E-state index in [-0.39, 0.29) is 24.7 Å². The van der Waals surface area contributed by atoms with E-state index in [1.54, 1.807) is 11.9 Å². The topological polar surface area (TPSA) is 65.1 Å². The maximum atomic E-state index is 13.0. The Bertz CT molecular complexity index is 787. The Balaban J connectivity index is 1.56. The fraction of sp³-hybridized carbons (Fsp3) is 0.579. The van der Waals surface area contributed by atoms with Gasteiger partial charge in [0, 0.05) is 39.8 Å². The molecule has 1 unspecified atom stereocenters. The molecule has 2 heterocycles. The molecule has 0 saturated carbocycles. The lowest BCUT2D eigenvalue weighted by Crippen LogP contribution is -2.43. The number of carbonyl (C=O) groups excluding carboxylic acids is 2. The number of nitrogens with zero attached hydrogens (tertiary/aromatic N) is 3. The van der Waals surface area contributed by atoms with Gasteiger partial charge in [-0.15, -0.1) is 0 Å². The molecule has 2 aliphatic heterocycles. The molecule has 3 amide bonds. The van der Waals surface area contributed by atoms with Gasteiger partial charge in [0.25, 0.3) is 0 Å². The largest absolute Gasteiger partial charge is 0.417 e. The number of benzene rings is 1. The summed E-state index contributed by atoms with van der Waals surface area (Å²) in [5.41, 5.74) is -0.783. The summed E-state index contributed by atoms with van der Waals surface area (Å²) in [7, 11) is 1.54. The fourth-order valence-electron chi connectivity index (χ4n) is 3.53. The van der Waals surface area contributed by atoms with Crippen molar-refractivity contribution in [3.05, 3.63) is 34.3 Å². The van der Waals surface area contributed by atoms with E-state index in [4.69, 9.17) is 16.3 Å². The van der Waals surface area contributed by atoms with Crippen molar-refractivity contribution in [3.63, 3.8) is 0 Å². The minimum atomic E-state index is -4.57. The Morgan fingerprint density at radius 3 is 2.63 bits per heavy atom. The molecule has 1 N–H and O–H groups in total. The fourth-order valence-corrected chi connectivity index (χ4v) is 3.83. The summed E-state index contributed by atoms with van der Waals surface area (Å²) < 4.78 is 44.3. The lowest BCUT2D eigenvalue weighted by Gasteiger charge is -2.28. The second kappa shape index (κ2) is 9.40. The van der Waals surface area contributed by atoms with E-state index < -0.39 is 28.7 Å². The molecule has 7 nitrogen and oxygen atoms in total. The quantitative estimate of drug-likeness (QED) is 0.723. The summed E-state index contributed by atoms with van der Waals surface area (Å²) in [6, 6.07) is 2.60. The van der Waals surface area contributed by atoms with Gasteiger partial charge in [0.1, 0.15) is 6.04 Å². The van der Waals surface area contributed by atoms with Gasteiger partial charge in [-0.05, 0) is 11.6 Å². The Labute approximate surface area is 177 Å². The van der Waals surface area contributed by atoms with Crippen molar-refractivity contribution in [1.82, 2.24) is 20.0 Å². The summed E-state index contributed by atoms with van der Waals surface area (Å²) in [5.74, 6) is -0.437. The first-order chi connectivity index (χ1) is 14.2. The first-order valence-corrected chi connectivity index (χ1v) is 10.0. The molecule has 166 valence electrons. The number of hydrogen-bond acceptors (Lipinski definition) is 4. The third kappa shape index (κ3) is 5.16. The minimum absolute atomic E-state index is 0.159. The van der Waals surface area contributed by atoms with E-state index in [9.17, 15) is 22.8 Å². The number of hydrogen-bond donors (Lipinski definition) is 1. The van der Waals surface area contributed by atoms with Gasteiger partial charge in [-0.3, -0.25) is 9.69 Å². The Kier molecular flexibility index (Phi) is 7.10. The lowest BCUT2D eigenvalue weighted by molar-refractivity contribution is -0.137. The molecule has 2 saturated heterocycles. The van der Waals surface area contributed by atoms with Crippen LogP contribution in [0.5, 0.6) is 0 Å². The first kappa shape index (κ1) is 22.6. The van der Waals surface area contributed by atoms with Gasteiger partial charge in [-0.2, -0.15) is 13.2 Å². The standard InChI is InChI=1S/C19H24ClF3N4O3/c1-25-15(12-27(18(25)29)6-5-26-7-9-30-10-8-26)17(28)24-11-13-3-2-4-14(16(13)20)19(21,22)23/h2-4,15H,5-12H2,1H3,(H,24,28). The highest BCUT2D eigenvalue weighted by Crippen LogP contribution is 2.36. The highest BCUT2D eigenvalue weighted by Gasteiger charge is 2.39. The number of amides is 3. The van der Waals surface area contributed by atoms with Gasteiger partial charge in [0.15, 0.2) is 0 Å². The van der Waals surface area contributed by atoms with Crippen molar-refractivity contribution in [2.45, 2.75) is 18.8 Å². The van der Waals surface area contributed by atoms with Crippen molar-refractivity contribution < 1.29 is 27.5 Å². The Morgan fingerprint density at radius 1 is 1.27 bits per heavy atom. The SMILES string of the molecule is CN1C(=O)N(CCN2CCOCC2)CC1C(=O)NCc1cccc(C(F)(F)F)c1Cl. The van der Waals surface area contributed by atoms with Crippen LogP contribution in [-0.4, -0.2) is 85.7 Å². The minimum Gasteiger partial charge on any atom is -0.379 e.